The quantitative estimate of drug-likeness (QED) is 0.431. The van der Waals surface area contributed by atoms with Crippen LogP contribution in [-0.2, 0) is 16.1 Å². The molecule has 3 aromatic heterocycles. The minimum Gasteiger partial charge on any atom is -0.381 e. The van der Waals surface area contributed by atoms with Gasteiger partial charge >= 0.3 is 0 Å². The molecule has 8 nitrogen and oxygen atoms in total. The van der Waals surface area contributed by atoms with Gasteiger partial charge in [-0.05, 0) is 44.2 Å². The van der Waals surface area contributed by atoms with E-state index in [0.717, 1.165) is 43.6 Å². The van der Waals surface area contributed by atoms with Gasteiger partial charge in [0.15, 0.2) is 5.82 Å². The SMILES string of the molecule is C=Cc1ncc(COC2(C)COC2)c(-c2ccc3c(ccc4sc5c(c43)NC[C@@H](C)NC5=O)n2)n1. The number of carbonyl (C=O) groups is 1. The zero-order valence-electron chi connectivity index (χ0n) is 19.6. The summed E-state index contributed by atoms with van der Waals surface area (Å²) < 4.78 is 12.5. The number of rotatable bonds is 5. The molecule has 0 saturated carbocycles. The Balaban J connectivity index is 1.44. The Bertz CT molecular complexity index is 1490. The molecule has 0 radical (unpaired) electrons. The fourth-order valence-corrected chi connectivity index (χ4v) is 5.53. The van der Waals surface area contributed by atoms with Crippen LogP contribution < -0.4 is 10.6 Å². The number of thiophene rings is 1. The molecular formula is C26H25N5O3S. The van der Waals surface area contributed by atoms with Crippen molar-refractivity contribution < 1.29 is 14.3 Å². The number of carbonyl (C=O) groups excluding carboxylic acids is 1. The van der Waals surface area contributed by atoms with Crippen LogP contribution in [0.4, 0.5) is 5.69 Å². The van der Waals surface area contributed by atoms with Gasteiger partial charge in [0.2, 0.25) is 0 Å². The summed E-state index contributed by atoms with van der Waals surface area (Å²) in [4.78, 5) is 27.5. The normalized spacial score (nSPS) is 18.9. The van der Waals surface area contributed by atoms with E-state index in [1.165, 1.54) is 11.3 Å². The van der Waals surface area contributed by atoms with Crippen molar-refractivity contribution in [1.29, 1.82) is 0 Å². The van der Waals surface area contributed by atoms with Gasteiger partial charge in [0.1, 0.15) is 10.5 Å². The van der Waals surface area contributed by atoms with Crippen LogP contribution in [0.1, 0.15) is 34.9 Å². The van der Waals surface area contributed by atoms with Crippen molar-refractivity contribution in [2.75, 3.05) is 25.1 Å². The first-order chi connectivity index (χ1) is 16.9. The third kappa shape index (κ3) is 3.85. The predicted molar refractivity (Wildman–Crippen MR) is 138 cm³/mol. The van der Waals surface area contributed by atoms with Gasteiger partial charge in [-0.3, -0.25) is 4.79 Å². The van der Waals surface area contributed by atoms with Gasteiger partial charge in [0.05, 0.1) is 42.4 Å². The van der Waals surface area contributed by atoms with Crippen molar-refractivity contribution in [2.24, 2.45) is 0 Å². The summed E-state index contributed by atoms with van der Waals surface area (Å²) in [6.45, 7) is 10.0. The maximum atomic E-state index is 12.7. The molecule has 6 rings (SSSR count). The van der Waals surface area contributed by atoms with Crippen molar-refractivity contribution in [1.82, 2.24) is 20.3 Å². The molecule has 1 saturated heterocycles. The van der Waals surface area contributed by atoms with Crippen LogP contribution in [0.2, 0.25) is 0 Å². The average Bonchev–Trinajstić information content (AvgIpc) is 3.17. The van der Waals surface area contributed by atoms with Crippen LogP contribution in [0.25, 0.3) is 38.5 Å². The second kappa shape index (κ2) is 8.37. The summed E-state index contributed by atoms with van der Waals surface area (Å²) in [6.07, 6.45) is 3.40. The van der Waals surface area contributed by atoms with E-state index in [9.17, 15) is 4.79 Å². The van der Waals surface area contributed by atoms with Crippen LogP contribution >= 0.6 is 11.3 Å². The lowest BCUT2D eigenvalue weighted by Gasteiger charge is -2.37. The smallest absolute Gasteiger partial charge is 0.263 e. The highest BCUT2D eigenvalue weighted by molar-refractivity contribution is 7.21. The van der Waals surface area contributed by atoms with Gasteiger partial charge in [-0.1, -0.05) is 6.58 Å². The molecule has 1 amide bonds. The van der Waals surface area contributed by atoms with Gasteiger partial charge in [0.25, 0.3) is 5.91 Å². The summed E-state index contributed by atoms with van der Waals surface area (Å²) in [5.41, 5.74) is 3.74. The van der Waals surface area contributed by atoms with Gasteiger partial charge in [-0.25, -0.2) is 15.0 Å². The van der Waals surface area contributed by atoms with E-state index in [1.807, 2.05) is 32.0 Å². The zero-order valence-corrected chi connectivity index (χ0v) is 20.4. The number of hydrogen-bond donors (Lipinski definition) is 2. The minimum absolute atomic E-state index is 0.0374. The molecule has 0 bridgehead atoms. The summed E-state index contributed by atoms with van der Waals surface area (Å²) in [7, 11) is 0. The first-order valence-corrected chi connectivity index (χ1v) is 12.4. The second-order valence-electron chi connectivity index (χ2n) is 9.30. The molecule has 4 aromatic rings. The van der Waals surface area contributed by atoms with Crippen molar-refractivity contribution in [3.05, 3.63) is 53.3 Å². The Hall–Kier alpha value is -3.40. The maximum absolute atomic E-state index is 12.7. The van der Waals surface area contributed by atoms with Crippen LogP contribution in [0, 0.1) is 0 Å². The van der Waals surface area contributed by atoms with Crippen LogP contribution in [0.3, 0.4) is 0 Å². The topological polar surface area (TPSA) is 98.3 Å². The maximum Gasteiger partial charge on any atom is 0.263 e. The Morgan fingerprint density at radius 2 is 2.14 bits per heavy atom. The van der Waals surface area contributed by atoms with Crippen molar-refractivity contribution in [2.45, 2.75) is 32.1 Å². The van der Waals surface area contributed by atoms with Gasteiger partial charge in [0, 0.05) is 39.8 Å². The molecule has 2 N–H and O–H groups in total. The van der Waals surface area contributed by atoms with E-state index in [2.05, 4.69) is 28.3 Å². The number of pyridine rings is 1. The summed E-state index contributed by atoms with van der Waals surface area (Å²) in [6, 6.07) is 8.11. The average molecular weight is 488 g/mol. The van der Waals surface area contributed by atoms with E-state index in [1.54, 1.807) is 12.3 Å². The van der Waals surface area contributed by atoms with Crippen molar-refractivity contribution in [3.63, 3.8) is 0 Å². The Labute approximate surface area is 206 Å². The summed E-state index contributed by atoms with van der Waals surface area (Å²) in [5.74, 6) is 0.497. The number of fused-ring (bicyclic) bond motifs is 5. The standard InChI is InChI=1S/C26H25N5O3S/c1-4-20-27-10-15(11-34-26(3)12-33-13-26)22(31-20)18-6-5-16-17(30-18)7-8-19-21(16)23-24(35-19)25(32)29-14(2)9-28-23/h4-8,10,14,28H,1,9,11-13H2,2-3H3,(H,29,32)/t14-/m1/s1. The third-order valence-corrected chi connectivity index (χ3v) is 7.54. The second-order valence-corrected chi connectivity index (χ2v) is 10.4. The predicted octanol–water partition coefficient (Wildman–Crippen LogP) is 4.40. The first kappa shape index (κ1) is 22.1. The molecule has 35 heavy (non-hydrogen) atoms. The van der Waals surface area contributed by atoms with Gasteiger partial charge in [-0.2, -0.15) is 0 Å². The van der Waals surface area contributed by atoms with E-state index >= 15 is 0 Å². The highest BCUT2D eigenvalue weighted by Crippen LogP contribution is 2.41. The van der Waals surface area contributed by atoms with Gasteiger partial charge < -0.3 is 20.1 Å². The van der Waals surface area contributed by atoms with Crippen molar-refractivity contribution >= 4 is 50.0 Å². The molecule has 9 heteroatoms. The highest BCUT2D eigenvalue weighted by atomic mass is 32.1. The molecule has 178 valence electrons. The summed E-state index contributed by atoms with van der Waals surface area (Å²) in [5, 5.41) is 8.53. The van der Waals surface area contributed by atoms with E-state index in [4.69, 9.17) is 19.4 Å². The molecule has 0 unspecified atom stereocenters. The van der Waals surface area contributed by atoms with Crippen LogP contribution in [0.15, 0.2) is 37.0 Å². The molecule has 0 spiro atoms. The molecular weight excluding hydrogens is 462 g/mol. The number of nitrogens with one attached hydrogen (secondary N) is 2. The number of ether oxygens (including phenoxy) is 2. The van der Waals surface area contributed by atoms with E-state index in [-0.39, 0.29) is 17.6 Å². The molecule has 2 aliphatic rings. The monoisotopic (exact) mass is 487 g/mol. The lowest BCUT2D eigenvalue weighted by Crippen LogP contribution is -2.48. The number of nitrogens with zero attached hydrogens (tertiary/aromatic N) is 3. The molecule has 2 aliphatic heterocycles. The highest BCUT2D eigenvalue weighted by Gasteiger charge is 2.34. The lowest BCUT2D eigenvalue weighted by molar-refractivity contribution is -0.204. The number of benzene rings is 1. The Morgan fingerprint density at radius 1 is 1.29 bits per heavy atom. The van der Waals surface area contributed by atoms with E-state index in [0.29, 0.717) is 37.1 Å². The first-order valence-electron chi connectivity index (χ1n) is 11.6. The lowest BCUT2D eigenvalue weighted by atomic mass is 10.0. The third-order valence-electron chi connectivity index (χ3n) is 6.39. The fraction of sp³-hybridized carbons (Fsp3) is 0.308. The zero-order chi connectivity index (χ0) is 24.2. The number of aromatic nitrogens is 3. The molecule has 1 aromatic carbocycles. The molecule has 5 heterocycles. The van der Waals surface area contributed by atoms with E-state index < -0.39 is 0 Å². The molecule has 1 atom stereocenters. The minimum atomic E-state index is -0.287. The number of amides is 1. The number of anilines is 1. The number of hydrogen-bond acceptors (Lipinski definition) is 8. The molecule has 0 aliphatic carbocycles. The van der Waals surface area contributed by atoms with Crippen LogP contribution in [0.5, 0.6) is 0 Å². The fourth-order valence-electron chi connectivity index (χ4n) is 4.43. The van der Waals surface area contributed by atoms with Crippen LogP contribution in [-0.4, -0.2) is 52.3 Å². The Morgan fingerprint density at radius 3 is 2.91 bits per heavy atom. The summed E-state index contributed by atoms with van der Waals surface area (Å²) >= 11 is 1.50. The molecule has 1 fully saturated rings. The van der Waals surface area contributed by atoms with Gasteiger partial charge in [-0.15, -0.1) is 11.3 Å². The Kier molecular flexibility index (Phi) is 5.28. The van der Waals surface area contributed by atoms with Crippen molar-refractivity contribution in [3.8, 4) is 11.4 Å². The largest absolute Gasteiger partial charge is 0.381 e.